The van der Waals surface area contributed by atoms with E-state index in [-0.39, 0.29) is 17.9 Å². The van der Waals surface area contributed by atoms with Crippen LogP contribution in [0.1, 0.15) is 24.8 Å². The normalized spacial score (nSPS) is 24.2. The van der Waals surface area contributed by atoms with Crippen LogP contribution >= 0.6 is 0 Å². The third-order valence-corrected chi connectivity index (χ3v) is 4.27. The molecule has 0 unspecified atom stereocenters. The summed E-state index contributed by atoms with van der Waals surface area (Å²) in [6.07, 6.45) is 3.82. The predicted molar refractivity (Wildman–Crippen MR) is 81.4 cm³/mol. The smallest absolute Gasteiger partial charge is 0.277 e. The first kappa shape index (κ1) is 14.8. The first-order valence-electron chi connectivity index (χ1n) is 7.67. The van der Waals surface area contributed by atoms with Gasteiger partial charge >= 0.3 is 0 Å². The number of nitrogens with zero attached hydrogens (tertiary/aromatic N) is 1. The summed E-state index contributed by atoms with van der Waals surface area (Å²) in [5.41, 5.74) is 1.31. The van der Waals surface area contributed by atoms with Gasteiger partial charge in [-0.3, -0.25) is 14.5 Å². The maximum Gasteiger partial charge on any atom is 0.277 e. The molecular formula is C17H20N2O3. The summed E-state index contributed by atoms with van der Waals surface area (Å²) in [6, 6.07) is 9.47. The zero-order valence-corrected chi connectivity index (χ0v) is 12.4. The number of nitrogens with one attached hydrogen (secondary N) is 1. The van der Waals surface area contributed by atoms with Gasteiger partial charge in [0.25, 0.3) is 11.8 Å². The lowest BCUT2D eigenvalue weighted by Crippen LogP contribution is -2.34. The van der Waals surface area contributed by atoms with Gasteiger partial charge < -0.3 is 10.4 Å². The highest BCUT2D eigenvalue weighted by molar-refractivity contribution is 6.15. The van der Waals surface area contributed by atoms with Crippen LogP contribution in [0.3, 0.4) is 0 Å². The molecule has 1 saturated carbocycles. The van der Waals surface area contributed by atoms with Crippen molar-refractivity contribution in [3.05, 3.63) is 47.7 Å². The van der Waals surface area contributed by atoms with Crippen LogP contribution in [0.15, 0.2) is 42.1 Å². The summed E-state index contributed by atoms with van der Waals surface area (Å²) in [5.74, 6) is -0.00588. The lowest BCUT2D eigenvalue weighted by molar-refractivity contribution is -0.138. The first-order chi connectivity index (χ1) is 10.6. The Morgan fingerprint density at radius 1 is 1.18 bits per heavy atom. The largest absolute Gasteiger partial charge is 0.393 e. The Labute approximate surface area is 129 Å². The van der Waals surface area contributed by atoms with Gasteiger partial charge in [-0.2, -0.15) is 0 Å². The van der Waals surface area contributed by atoms with Gasteiger partial charge in [-0.05, 0) is 30.7 Å². The number of hydrogen-bond donors (Lipinski definition) is 2. The van der Waals surface area contributed by atoms with Crippen LogP contribution in [-0.2, 0) is 16.1 Å². The van der Waals surface area contributed by atoms with Gasteiger partial charge in [0.15, 0.2) is 0 Å². The van der Waals surface area contributed by atoms with Crippen molar-refractivity contribution in [2.45, 2.75) is 31.9 Å². The predicted octanol–water partition coefficient (Wildman–Crippen LogP) is 1.19. The molecule has 0 saturated heterocycles. The molecule has 2 aliphatic rings. The number of carbonyl (C=O) groups is 2. The lowest BCUT2D eigenvalue weighted by atomic mass is 9.80. The molecule has 1 heterocycles. The van der Waals surface area contributed by atoms with Crippen LogP contribution in [0.4, 0.5) is 0 Å². The minimum Gasteiger partial charge on any atom is -0.393 e. The zero-order valence-electron chi connectivity index (χ0n) is 12.4. The van der Waals surface area contributed by atoms with Crippen molar-refractivity contribution in [3.63, 3.8) is 0 Å². The fourth-order valence-corrected chi connectivity index (χ4v) is 2.90. The monoisotopic (exact) mass is 300 g/mol. The second-order valence-electron chi connectivity index (χ2n) is 5.98. The minimum absolute atomic E-state index is 0.153. The molecule has 0 atom stereocenters. The molecule has 0 bridgehead atoms. The molecule has 22 heavy (non-hydrogen) atoms. The van der Waals surface area contributed by atoms with Gasteiger partial charge in [-0.25, -0.2) is 0 Å². The number of benzene rings is 1. The molecule has 5 nitrogen and oxygen atoms in total. The molecule has 3 rings (SSSR count). The summed E-state index contributed by atoms with van der Waals surface area (Å²) >= 11 is 0. The maximum absolute atomic E-state index is 12.3. The van der Waals surface area contributed by atoms with Crippen LogP contribution in [0.2, 0.25) is 0 Å². The summed E-state index contributed by atoms with van der Waals surface area (Å²) < 4.78 is 0. The van der Waals surface area contributed by atoms with E-state index in [1.807, 2.05) is 30.3 Å². The van der Waals surface area contributed by atoms with Crippen LogP contribution in [0, 0.1) is 5.92 Å². The van der Waals surface area contributed by atoms with E-state index < -0.39 is 0 Å². The Morgan fingerprint density at radius 3 is 2.59 bits per heavy atom. The van der Waals surface area contributed by atoms with Crippen LogP contribution in [0.25, 0.3) is 0 Å². The number of hydrogen-bond acceptors (Lipinski definition) is 4. The molecule has 1 aliphatic heterocycles. The fraction of sp³-hybridized carbons (Fsp3) is 0.412. The molecule has 0 radical (unpaired) electrons. The van der Waals surface area contributed by atoms with Crippen molar-refractivity contribution in [1.82, 2.24) is 10.2 Å². The van der Waals surface area contributed by atoms with E-state index in [2.05, 4.69) is 5.32 Å². The number of amides is 2. The van der Waals surface area contributed by atoms with Gasteiger partial charge in [0.05, 0.1) is 12.6 Å². The van der Waals surface area contributed by atoms with Crippen molar-refractivity contribution >= 4 is 11.8 Å². The first-order valence-corrected chi connectivity index (χ1v) is 7.67. The highest BCUT2D eigenvalue weighted by atomic mass is 16.3. The van der Waals surface area contributed by atoms with E-state index in [1.54, 1.807) is 0 Å². The van der Waals surface area contributed by atoms with E-state index in [1.165, 1.54) is 11.0 Å². The molecule has 1 fully saturated rings. The third-order valence-electron chi connectivity index (χ3n) is 4.27. The Morgan fingerprint density at radius 2 is 1.91 bits per heavy atom. The number of aliphatic hydroxyl groups is 1. The zero-order chi connectivity index (χ0) is 15.5. The summed E-state index contributed by atoms with van der Waals surface area (Å²) in [5, 5.41) is 12.3. The second kappa shape index (κ2) is 6.32. The quantitative estimate of drug-likeness (QED) is 0.774. The summed E-state index contributed by atoms with van der Waals surface area (Å²) in [7, 11) is 0. The number of imide groups is 1. The van der Waals surface area contributed by atoms with E-state index in [0.717, 1.165) is 24.8 Å². The van der Waals surface area contributed by atoms with E-state index >= 15 is 0 Å². The summed E-state index contributed by atoms with van der Waals surface area (Å²) in [4.78, 5) is 25.5. The number of aliphatic hydroxyl groups excluding tert-OH is 1. The number of carbonyl (C=O) groups excluding carboxylic acids is 2. The Balaban J connectivity index is 1.50. The molecule has 0 aromatic heterocycles. The van der Waals surface area contributed by atoms with Crippen molar-refractivity contribution in [1.29, 1.82) is 0 Å². The topological polar surface area (TPSA) is 69.6 Å². The second-order valence-corrected chi connectivity index (χ2v) is 5.98. The Bertz CT molecular complexity index is 591. The molecule has 1 aromatic carbocycles. The molecule has 5 heteroatoms. The van der Waals surface area contributed by atoms with E-state index in [0.29, 0.717) is 24.7 Å². The standard InChI is InChI=1S/C17H20N2O3/c20-14-8-13(9-14)6-7-18-15-10-16(21)19(17(15)22)11-12-4-2-1-3-5-12/h1-5,10,13-14,18,20H,6-9,11H2. The van der Waals surface area contributed by atoms with Crippen molar-refractivity contribution < 1.29 is 14.7 Å². The van der Waals surface area contributed by atoms with Gasteiger partial charge in [0.2, 0.25) is 0 Å². The average molecular weight is 300 g/mol. The third kappa shape index (κ3) is 3.20. The van der Waals surface area contributed by atoms with Crippen LogP contribution in [-0.4, -0.2) is 34.5 Å². The molecule has 1 aliphatic carbocycles. The van der Waals surface area contributed by atoms with E-state index in [4.69, 9.17) is 0 Å². The lowest BCUT2D eigenvalue weighted by Gasteiger charge is -2.31. The van der Waals surface area contributed by atoms with Gasteiger partial charge in [-0.15, -0.1) is 0 Å². The Hall–Kier alpha value is -2.14. The van der Waals surface area contributed by atoms with Crippen LogP contribution in [0.5, 0.6) is 0 Å². The van der Waals surface area contributed by atoms with Crippen LogP contribution < -0.4 is 5.32 Å². The highest BCUT2D eigenvalue weighted by Crippen LogP contribution is 2.29. The van der Waals surface area contributed by atoms with Crippen molar-refractivity contribution in [2.75, 3.05) is 6.54 Å². The fourth-order valence-electron chi connectivity index (χ4n) is 2.90. The summed E-state index contributed by atoms with van der Waals surface area (Å²) in [6.45, 7) is 0.955. The van der Waals surface area contributed by atoms with Crippen molar-refractivity contribution in [2.24, 2.45) is 5.92 Å². The SMILES string of the molecule is O=C1C=C(NCCC2CC(O)C2)C(=O)N1Cc1ccccc1. The molecule has 1 aromatic rings. The molecule has 0 spiro atoms. The average Bonchev–Trinajstić information content (AvgIpc) is 2.74. The van der Waals surface area contributed by atoms with Gasteiger partial charge in [0, 0.05) is 12.6 Å². The molecule has 2 N–H and O–H groups in total. The molecular weight excluding hydrogens is 280 g/mol. The Kier molecular flexibility index (Phi) is 4.24. The van der Waals surface area contributed by atoms with Gasteiger partial charge in [-0.1, -0.05) is 30.3 Å². The maximum atomic E-state index is 12.3. The minimum atomic E-state index is -0.268. The molecule has 2 amide bonds. The molecule has 116 valence electrons. The van der Waals surface area contributed by atoms with Gasteiger partial charge in [0.1, 0.15) is 5.70 Å². The van der Waals surface area contributed by atoms with E-state index in [9.17, 15) is 14.7 Å². The highest BCUT2D eigenvalue weighted by Gasteiger charge is 2.31. The van der Waals surface area contributed by atoms with Crippen molar-refractivity contribution in [3.8, 4) is 0 Å². The number of rotatable bonds is 6.